The van der Waals surface area contributed by atoms with Gasteiger partial charge in [-0.3, -0.25) is 10.1 Å². The van der Waals surface area contributed by atoms with Crippen molar-refractivity contribution < 1.29 is 9.18 Å². The van der Waals surface area contributed by atoms with E-state index < -0.39 is 17.3 Å². The third-order valence-electron chi connectivity index (χ3n) is 4.85. The highest BCUT2D eigenvalue weighted by molar-refractivity contribution is 6.31. The summed E-state index contributed by atoms with van der Waals surface area (Å²) in [5.41, 5.74) is 0.785. The molecule has 0 aliphatic carbocycles. The Morgan fingerprint density at radius 3 is 2.92 bits per heavy atom. The summed E-state index contributed by atoms with van der Waals surface area (Å²) in [6, 6.07) is 6.89. The molecule has 4 rings (SSSR count). The Bertz CT molecular complexity index is 860. The predicted molar refractivity (Wildman–Crippen MR) is 90.9 cm³/mol. The number of nitrogens with one attached hydrogen (secondary N) is 2. The molecule has 0 bridgehead atoms. The largest absolute Gasteiger partial charge is 0.324 e. The van der Waals surface area contributed by atoms with Crippen molar-refractivity contribution in [2.75, 3.05) is 5.32 Å². The van der Waals surface area contributed by atoms with E-state index in [0.717, 1.165) is 5.56 Å². The number of nitrogens with zero attached hydrogens (tertiary/aromatic N) is 1. The molecule has 1 aromatic heterocycles. The van der Waals surface area contributed by atoms with Crippen molar-refractivity contribution in [3.05, 3.63) is 57.6 Å². The summed E-state index contributed by atoms with van der Waals surface area (Å²) in [6.45, 7) is 1.98. The highest BCUT2D eigenvalue weighted by Crippen LogP contribution is 2.52. The van der Waals surface area contributed by atoms with Crippen LogP contribution in [-0.2, 0) is 10.3 Å². The van der Waals surface area contributed by atoms with Gasteiger partial charge in [-0.2, -0.15) is 0 Å². The van der Waals surface area contributed by atoms with Gasteiger partial charge in [0, 0.05) is 34.4 Å². The summed E-state index contributed by atoms with van der Waals surface area (Å²) < 4.78 is 14.6. The number of fused-ring (bicyclic) bond motifs is 2. The Kier molecular flexibility index (Phi) is 3.56. The lowest BCUT2D eigenvalue weighted by molar-refractivity contribution is -0.122. The molecule has 2 aromatic rings. The lowest BCUT2D eigenvalue weighted by Gasteiger charge is -2.30. The molecule has 2 aliphatic rings. The van der Waals surface area contributed by atoms with E-state index >= 15 is 0 Å². The van der Waals surface area contributed by atoms with Crippen LogP contribution in [0.5, 0.6) is 0 Å². The summed E-state index contributed by atoms with van der Waals surface area (Å²) in [5, 5.41) is 6.58. The van der Waals surface area contributed by atoms with Crippen molar-refractivity contribution in [1.29, 1.82) is 0 Å². The van der Waals surface area contributed by atoms with E-state index in [4.69, 9.17) is 23.2 Å². The van der Waals surface area contributed by atoms with Gasteiger partial charge in [-0.25, -0.2) is 9.37 Å². The Hall–Kier alpha value is -1.69. The number of halogens is 3. The van der Waals surface area contributed by atoms with Crippen LogP contribution in [0.3, 0.4) is 0 Å². The standard InChI is InChI=1S/C17H14Cl2FN3O/c1-8-6-12(10-4-5-21-15(19)14(10)20)17(23-8)11-3-2-9(18)7-13(11)22-16(17)24/h2-5,7-8,12,23H,6H2,1H3,(H,22,24)/t8-,12+,17+/m0/s1. The van der Waals surface area contributed by atoms with Crippen LogP contribution >= 0.6 is 23.2 Å². The normalized spacial score (nSPS) is 28.2. The van der Waals surface area contributed by atoms with E-state index in [-0.39, 0.29) is 17.1 Å². The van der Waals surface area contributed by atoms with E-state index in [0.29, 0.717) is 22.7 Å². The third kappa shape index (κ3) is 2.08. The first-order chi connectivity index (χ1) is 11.4. The number of rotatable bonds is 1. The van der Waals surface area contributed by atoms with Crippen molar-refractivity contribution in [1.82, 2.24) is 10.3 Å². The van der Waals surface area contributed by atoms with Crippen LogP contribution in [0, 0.1) is 5.82 Å². The minimum Gasteiger partial charge on any atom is -0.324 e. The summed E-state index contributed by atoms with van der Waals surface area (Å²) in [4.78, 5) is 16.7. The van der Waals surface area contributed by atoms with E-state index in [9.17, 15) is 9.18 Å². The maximum atomic E-state index is 14.6. The number of amides is 1. The Morgan fingerprint density at radius 1 is 1.33 bits per heavy atom. The van der Waals surface area contributed by atoms with Gasteiger partial charge in [-0.1, -0.05) is 29.3 Å². The molecule has 1 aromatic carbocycles. The molecule has 0 saturated carbocycles. The number of aromatic nitrogens is 1. The van der Waals surface area contributed by atoms with Gasteiger partial charge in [0.25, 0.3) is 0 Å². The molecule has 1 spiro atoms. The number of hydrogen-bond acceptors (Lipinski definition) is 3. The lowest BCUT2D eigenvalue weighted by Crippen LogP contribution is -2.48. The fraction of sp³-hybridized carbons (Fsp3) is 0.294. The van der Waals surface area contributed by atoms with Gasteiger partial charge >= 0.3 is 0 Å². The lowest BCUT2D eigenvalue weighted by atomic mass is 9.76. The smallest absolute Gasteiger partial charge is 0.250 e. The average molecular weight is 366 g/mol. The van der Waals surface area contributed by atoms with E-state index in [2.05, 4.69) is 15.6 Å². The van der Waals surface area contributed by atoms with Gasteiger partial charge in [-0.05, 0) is 37.1 Å². The van der Waals surface area contributed by atoms with Crippen molar-refractivity contribution in [3.63, 3.8) is 0 Å². The van der Waals surface area contributed by atoms with Crippen LogP contribution in [0.15, 0.2) is 30.5 Å². The molecule has 1 amide bonds. The van der Waals surface area contributed by atoms with Gasteiger partial charge in [-0.15, -0.1) is 0 Å². The maximum Gasteiger partial charge on any atom is 0.250 e. The molecule has 1 saturated heterocycles. The zero-order chi connectivity index (χ0) is 17.1. The second-order valence-corrected chi connectivity index (χ2v) is 7.09. The molecule has 1 fully saturated rings. The summed E-state index contributed by atoms with van der Waals surface area (Å²) >= 11 is 11.9. The highest BCUT2D eigenvalue weighted by Gasteiger charge is 2.57. The monoisotopic (exact) mass is 365 g/mol. The van der Waals surface area contributed by atoms with E-state index in [1.165, 1.54) is 6.20 Å². The second-order valence-electron chi connectivity index (χ2n) is 6.29. The Balaban J connectivity index is 1.93. The van der Waals surface area contributed by atoms with Crippen LogP contribution in [0.2, 0.25) is 10.2 Å². The molecule has 124 valence electrons. The number of anilines is 1. The maximum absolute atomic E-state index is 14.6. The van der Waals surface area contributed by atoms with Gasteiger partial charge in [0.2, 0.25) is 5.91 Å². The fourth-order valence-corrected chi connectivity index (χ4v) is 4.27. The van der Waals surface area contributed by atoms with E-state index in [1.54, 1.807) is 18.2 Å². The summed E-state index contributed by atoms with van der Waals surface area (Å²) in [6.07, 6.45) is 2.07. The number of hydrogen-bond donors (Lipinski definition) is 2. The highest BCUT2D eigenvalue weighted by atomic mass is 35.5. The van der Waals surface area contributed by atoms with Crippen molar-refractivity contribution in [3.8, 4) is 0 Å². The fourth-order valence-electron chi connectivity index (χ4n) is 3.94. The summed E-state index contributed by atoms with van der Waals surface area (Å²) in [5.74, 6) is -1.17. The molecule has 3 atom stereocenters. The number of carbonyl (C=O) groups excluding carboxylic acids is 1. The molecule has 2 N–H and O–H groups in total. The second kappa shape index (κ2) is 5.41. The molecule has 2 aliphatic heterocycles. The molecule has 7 heteroatoms. The minimum atomic E-state index is -1.04. The molecule has 24 heavy (non-hydrogen) atoms. The van der Waals surface area contributed by atoms with Gasteiger partial charge in [0.05, 0.1) is 0 Å². The molecule has 0 radical (unpaired) electrons. The number of pyridine rings is 1. The van der Waals surface area contributed by atoms with E-state index in [1.807, 2.05) is 13.0 Å². The molecular weight excluding hydrogens is 352 g/mol. The van der Waals surface area contributed by atoms with Gasteiger partial charge < -0.3 is 5.32 Å². The predicted octanol–water partition coefficient (Wildman–Crippen LogP) is 3.84. The zero-order valence-electron chi connectivity index (χ0n) is 12.7. The molecule has 3 heterocycles. The number of benzene rings is 1. The van der Waals surface area contributed by atoms with Crippen LogP contribution in [-0.4, -0.2) is 16.9 Å². The first-order valence-corrected chi connectivity index (χ1v) is 8.38. The number of carbonyl (C=O) groups is 1. The minimum absolute atomic E-state index is 0.0359. The SMILES string of the molecule is C[C@H]1C[C@H](c2ccnc(Cl)c2F)[C@@]2(N1)C(=O)Nc1cc(Cl)ccc12. The van der Waals surface area contributed by atoms with Crippen molar-refractivity contribution >= 4 is 34.8 Å². The van der Waals surface area contributed by atoms with Crippen molar-refractivity contribution in [2.24, 2.45) is 0 Å². The third-order valence-corrected chi connectivity index (χ3v) is 5.35. The van der Waals surface area contributed by atoms with Crippen LogP contribution < -0.4 is 10.6 Å². The van der Waals surface area contributed by atoms with Gasteiger partial charge in [0.15, 0.2) is 11.0 Å². The Labute approximate surface area is 148 Å². The Morgan fingerprint density at radius 2 is 2.12 bits per heavy atom. The quantitative estimate of drug-likeness (QED) is 0.754. The first kappa shape index (κ1) is 15.8. The topological polar surface area (TPSA) is 54.0 Å². The first-order valence-electron chi connectivity index (χ1n) is 7.62. The molecular formula is C17H14Cl2FN3O. The van der Waals surface area contributed by atoms with Crippen LogP contribution in [0.1, 0.15) is 30.4 Å². The van der Waals surface area contributed by atoms with Crippen LogP contribution in [0.25, 0.3) is 0 Å². The van der Waals surface area contributed by atoms with Crippen molar-refractivity contribution in [2.45, 2.75) is 30.8 Å². The molecule has 4 nitrogen and oxygen atoms in total. The molecule has 0 unspecified atom stereocenters. The zero-order valence-corrected chi connectivity index (χ0v) is 14.2. The van der Waals surface area contributed by atoms with Gasteiger partial charge in [0.1, 0.15) is 5.54 Å². The summed E-state index contributed by atoms with van der Waals surface area (Å²) in [7, 11) is 0. The van der Waals surface area contributed by atoms with Crippen LogP contribution in [0.4, 0.5) is 10.1 Å². The average Bonchev–Trinajstić information content (AvgIpc) is 3.01.